The van der Waals surface area contributed by atoms with E-state index in [9.17, 15) is 9.18 Å². The second-order valence-electron chi connectivity index (χ2n) is 5.24. The normalized spacial score (nSPS) is 15.6. The van der Waals surface area contributed by atoms with E-state index in [1.54, 1.807) is 0 Å². The first-order valence-corrected chi connectivity index (χ1v) is 7.51. The lowest BCUT2D eigenvalue weighted by Crippen LogP contribution is -2.21. The molecule has 2 aromatic rings. The summed E-state index contributed by atoms with van der Waals surface area (Å²) in [6.07, 6.45) is 1.63. The summed E-state index contributed by atoms with van der Waals surface area (Å²) in [7, 11) is 1.45. The Balaban J connectivity index is 2.06. The maximum atomic E-state index is 13.6. The molecule has 21 heavy (non-hydrogen) atoms. The number of ketones is 1. The van der Waals surface area contributed by atoms with Crippen molar-refractivity contribution in [3.63, 3.8) is 0 Å². The van der Waals surface area contributed by atoms with Crippen molar-refractivity contribution < 1.29 is 13.9 Å². The van der Waals surface area contributed by atoms with Crippen LogP contribution in [0.2, 0.25) is 0 Å². The van der Waals surface area contributed by atoms with Gasteiger partial charge in [-0.25, -0.2) is 4.39 Å². The lowest BCUT2D eigenvalue weighted by Gasteiger charge is -2.17. The first-order valence-electron chi connectivity index (χ1n) is 6.72. The Morgan fingerprint density at radius 3 is 2.48 bits per heavy atom. The van der Waals surface area contributed by atoms with Crippen molar-refractivity contribution in [2.45, 2.75) is 18.3 Å². The molecule has 1 saturated carbocycles. The Kier molecular flexibility index (Phi) is 3.57. The molecular weight excluding hydrogens is 335 g/mol. The van der Waals surface area contributed by atoms with Gasteiger partial charge in [0.1, 0.15) is 11.6 Å². The summed E-state index contributed by atoms with van der Waals surface area (Å²) in [5.74, 6) is -0.165. The van der Waals surface area contributed by atoms with Gasteiger partial charge in [-0.15, -0.1) is 0 Å². The topological polar surface area (TPSA) is 26.3 Å². The van der Waals surface area contributed by atoms with Crippen LogP contribution in [0.4, 0.5) is 4.39 Å². The molecule has 2 nitrogen and oxygen atoms in total. The van der Waals surface area contributed by atoms with Crippen LogP contribution >= 0.6 is 15.9 Å². The summed E-state index contributed by atoms with van der Waals surface area (Å²) in [4.78, 5) is 12.9. The number of ether oxygens (including phenoxy) is 1. The molecule has 1 fully saturated rings. The molecule has 0 atom stereocenters. The minimum atomic E-state index is -0.480. The molecule has 0 unspecified atom stereocenters. The average Bonchev–Trinajstić information content (AvgIpc) is 3.31. The van der Waals surface area contributed by atoms with Crippen LogP contribution in [-0.4, -0.2) is 12.9 Å². The van der Waals surface area contributed by atoms with Crippen LogP contribution in [0.25, 0.3) is 0 Å². The maximum absolute atomic E-state index is 13.6. The van der Waals surface area contributed by atoms with Crippen molar-refractivity contribution in [2.75, 3.05) is 7.11 Å². The summed E-state index contributed by atoms with van der Waals surface area (Å²) in [6.45, 7) is 0. The van der Waals surface area contributed by atoms with Gasteiger partial charge in [0.15, 0.2) is 5.78 Å². The van der Waals surface area contributed by atoms with Crippen molar-refractivity contribution in [1.82, 2.24) is 0 Å². The van der Waals surface area contributed by atoms with Gasteiger partial charge in [0.25, 0.3) is 0 Å². The van der Waals surface area contributed by atoms with E-state index in [2.05, 4.69) is 15.9 Å². The second kappa shape index (κ2) is 5.26. The Morgan fingerprint density at radius 1 is 1.24 bits per heavy atom. The van der Waals surface area contributed by atoms with Gasteiger partial charge in [0, 0.05) is 6.07 Å². The van der Waals surface area contributed by atoms with Crippen molar-refractivity contribution in [2.24, 2.45) is 0 Å². The molecule has 1 aliphatic rings. The number of hydrogen-bond acceptors (Lipinski definition) is 2. The molecule has 0 aromatic heterocycles. The van der Waals surface area contributed by atoms with Crippen molar-refractivity contribution in [1.29, 1.82) is 0 Å². The number of Topliss-reactive ketones (excluding diaryl/α,β-unsaturated/α-hetero) is 1. The van der Waals surface area contributed by atoms with Crippen LogP contribution in [0, 0.1) is 5.82 Å². The first kappa shape index (κ1) is 14.3. The predicted octanol–water partition coefficient (Wildman–Crippen LogP) is 4.51. The quantitative estimate of drug-likeness (QED) is 0.759. The Bertz CT molecular complexity index is 693. The zero-order valence-corrected chi connectivity index (χ0v) is 13.1. The Morgan fingerprint density at radius 2 is 1.90 bits per heavy atom. The van der Waals surface area contributed by atoms with Crippen LogP contribution in [0.5, 0.6) is 5.75 Å². The number of benzene rings is 2. The fourth-order valence-corrected chi connectivity index (χ4v) is 3.01. The fourth-order valence-electron chi connectivity index (χ4n) is 2.66. The molecule has 108 valence electrons. The standard InChI is InChI=1S/C17H14BrFO2/c1-21-15-10-14(19)13(18)9-12(15)16(20)17(7-8-17)11-5-3-2-4-6-11/h2-6,9-10H,7-8H2,1H3. The van der Waals surface area contributed by atoms with Crippen LogP contribution in [0.15, 0.2) is 46.9 Å². The SMILES string of the molecule is COc1cc(F)c(Br)cc1C(=O)C1(c2ccccc2)CC1. The monoisotopic (exact) mass is 348 g/mol. The minimum Gasteiger partial charge on any atom is -0.496 e. The van der Waals surface area contributed by atoms with Gasteiger partial charge in [0.05, 0.1) is 22.6 Å². The first-order chi connectivity index (χ1) is 10.1. The number of rotatable bonds is 4. The molecule has 0 bridgehead atoms. The molecule has 0 aliphatic heterocycles. The van der Waals surface area contributed by atoms with Gasteiger partial charge >= 0.3 is 0 Å². The Hall–Kier alpha value is -1.68. The van der Waals surface area contributed by atoms with Gasteiger partial charge in [-0.1, -0.05) is 30.3 Å². The molecule has 2 aromatic carbocycles. The molecule has 4 heteroatoms. The van der Waals surface area contributed by atoms with Crippen LogP contribution in [-0.2, 0) is 5.41 Å². The highest BCUT2D eigenvalue weighted by Gasteiger charge is 2.51. The van der Waals surface area contributed by atoms with Crippen molar-refractivity contribution in [3.8, 4) is 5.75 Å². The van der Waals surface area contributed by atoms with E-state index in [1.165, 1.54) is 19.2 Å². The highest BCUT2D eigenvalue weighted by Crippen LogP contribution is 2.51. The van der Waals surface area contributed by atoms with E-state index in [-0.39, 0.29) is 16.0 Å². The van der Waals surface area contributed by atoms with Gasteiger partial charge in [-0.2, -0.15) is 0 Å². The molecule has 0 saturated heterocycles. The third kappa shape index (κ3) is 2.38. The molecule has 0 spiro atoms. The van der Waals surface area contributed by atoms with E-state index in [0.29, 0.717) is 5.56 Å². The molecule has 0 radical (unpaired) electrons. The van der Waals surface area contributed by atoms with Crippen LogP contribution in [0.1, 0.15) is 28.8 Å². The summed E-state index contributed by atoms with van der Waals surface area (Å²) in [5.41, 5.74) is 0.954. The van der Waals surface area contributed by atoms with E-state index >= 15 is 0 Å². The molecule has 0 N–H and O–H groups in total. The lowest BCUT2D eigenvalue weighted by molar-refractivity contribution is 0.0943. The highest BCUT2D eigenvalue weighted by molar-refractivity contribution is 9.10. The number of carbonyl (C=O) groups excluding carboxylic acids is 1. The predicted molar refractivity (Wildman–Crippen MR) is 82.3 cm³/mol. The minimum absolute atomic E-state index is 0.00810. The van der Waals surface area contributed by atoms with Crippen molar-refractivity contribution >= 4 is 21.7 Å². The number of carbonyl (C=O) groups is 1. The fraction of sp³-hybridized carbons (Fsp3) is 0.235. The molecule has 0 heterocycles. The number of hydrogen-bond donors (Lipinski definition) is 0. The average molecular weight is 349 g/mol. The summed E-state index contributed by atoms with van der Waals surface area (Å²) < 4.78 is 19.1. The van der Waals surface area contributed by atoms with Gasteiger partial charge in [0.2, 0.25) is 0 Å². The summed E-state index contributed by atoms with van der Waals surface area (Å²) in [5, 5.41) is 0. The Labute approximate surface area is 131 Å². The van der Waals surface area contributed by atoms with E-state index < -0.39 is 11.2 Å². The largest absolute Gasteiger partial charge is 0.496 e. The molecule has 1 aliphatic carbocycles. The second-order valence-corrected chi connectivity index (χ2v) is 6.10. The van der Waals surface area contributed by atoms with E-state index in [1.807, 2.05) is 30.3 Å². The third-order valence-electron chi connectivity index (χ3n) is 4.00. The zero-order chi connectivity index (χ0) is 15.0. The molecular formula is C17H14BrFO2. The van der Waals surface area contributed by atoms with Crippen LogP contribution in [0.3, 0.4) is 0 Å². The maximum Gasteiger partial charge on any atom is 0.177 e. The number of methoxy groups -OCH3 is 1. The van der Waals surface area contributed by atoms with E-state index in [0.717, 1.165) is 18.4 Å². The van der Waals surface area contributed by atoms with Gasteiger partial charge in [-0.3, -0.25) is 4.79 Å². The zero-order valence-electron chi connectivity index (χ0n) is 11.5. The summed E-state index contributed by atoms with van der Waals surface area (Å²) >= 11 is 3.14. The summed E-state index contributed by atoms with van der Waals surface area (Å²) in [6, 6.07) is 12.5. The van der Waals surface area contributed by atoms with Gasteiger partial charge in [-0.05, 0) is 40.4 Å². The van der Waals surface area contributed by atoms with Crippen LogP contribution < -0.4 is 4.74 Å². The number of halogens is 2. The molecule has 3 rings (SSSR count). The van der Waals surface area contributed by atoms with E-state index in [4.69, 9.17) is 4.74 Å². The lowest BCUT2D eigenvalue weighted by atomic mass is 9.87. The van der Waals surface area contributed by atoms with Crippen molar-refractivity contribution in [3.05, 3.63) is 63.9 Å². The third-order valence-corrected chi connectivity index (χ3v) is 4.61. The van der Waals surface area contributed by atoms with Gasteiger partial charge < -0.3 is 4.74 Å². The molecule has 0 amide bonds. The smallest absolute Gasteiger partial charge is 0.177 e. The highest BCUT2D eigenvalue weighted by atomic mass is 79.9.